The maximum atomic E-state index is 13.3. The van der Waals surface area contributed by atoms with Crippen LogP contribution in [0.1, 0.15) is 28.9 Å². The summed E-state index contributed by atoms with van der Waals surface area (Å²) in [5, 5.41) is 0.242. The van der Waals surface area contributed by atoms with Crippen molar-refractivity contribution in [2.75, 3.05) is 7.05 Å². The van der Waals surface area contributed by atoms with E-state index in [0.29, 0.717) is 11.1 Å². The van der Waals surface area contributed by atoms with Crippen LogP contribution in [0.2, 0.25) is 5.02 Å². The Hall–Kier alpha value is -2.01. The zero-order valence-electron chi connectivity index (χ0n) is 11.5. The van der Waals surface area contributed by atoms with Crippen LogP contribution in [-0.2, 0) is 0 Å². The van der Waals surface area contributed by atoms with E-state index in [1.54, 1.807) is 14.0 Å². The van der Waals surface area contributed by atoms with Crippen LogP contribution in [-0.4, -0.2) is 22.8 Å². The number of hydrogen-bond donors (Lipinski definition) is 0. The van der Waals surface area contributed by atoms with Crippen LogP contribution >= 0.6 is 11.6 Å². The second-order valence-corrected chi connectivity index (χ2v) is 5.03. The number of benzene rings is 1. The Balaban J connectivity index is 2.26. The summed E-state index contributed by atoms with van der Waals surface area (Å²) >= 11 is 5.94. The van der Waals surface area contributed by atoms with Gasteiger partial charge in [0.15, 0.2) is 11.6 Å². The number of carbonyl (C=O) groups is 1. The Morgan fingerprint density at radius 3 is 2.62 bits per heavy atom. The van der Waals surface area contributed by atoms with Crippen molar-refractivity contribution < 1.29 is 13.6 Å². The van der Waals surface area contributed by atoms with E-state index in [9.17, 15) is 13.6 Å². The van der Waals surface area contributed by atoms with Gasteiger partial charge in [-0.15, -0.1) is 0 Å². The van der Waals surface area contributed by atoms with Gasteiger partial charge < -0.3 is 4.90 Å². The highest BCUT2D eigenvalue weighted by molar-refractivity contribution is 6.33. The van der Waals surface area contributed by atoms with E-state index < -0.39 is 17.7 Å². The molecule has 1 unspecified atom stereocenters. The average molecular weight is 311 g/mol. The van der Waals surface area contributed by atoms with E-state index in [0.717, 1.165) is 12.1 Å². The van der Waals surface area contributed by atoms with Crippen molar-refractivity contribution in [2.24, 2.45) is 0 Å². The van der Waals surface area contributed by atoms with Crippen LogP contribution in [0.5, 0.6) is 0 Å². The predicted octanol–water partition coefficient (Wildman–Crippen LogP) is 3.85. The quantitative estimate of drug-likeness (QED) is 0.863. The van der Waals surface area contributed by atoms with Crippen molar-refractivity contribution in [3.8, 4) is 0 Å². The summed E-state index contributed by atoms with van der Waals surface area (Å²) in [4.78, 5) is 17.6. The summed E-state index contributed by atoms with van der Waals surface area (Å²) in [5.74, 6) is -2.18. The number of nitrogens with zero attached hydrogens (tertiary/aromatic N) is 2. The van der Waals surface area contributed by atoms with E-state index in [-0.39, 0.29) is 10.9 Å². The summed E-state index contributed by atoms with van der Waals surface area (Å²) in [7, 11) is 1.57. The molecule has 110 valence electrons. The van der Waals surface area contributed by atoms with Crippen LogP contribution in [0.25, 0.3) is 0 Å². The number of aromatic nitrogens is 1. The molecule has 0 saturated carbocycles. The molecule has 1 atom stereocenters. The van der Waals surface area contributed by atoms with Crippen LogP contribution in [0.3, 0.4) is 0 Å². The first-order chi connectivity index (χ1) is 9.91. The summed E-state index contributed by atoms with van der Waals surface area (Å²) < 4.78 is 26.2. The van der Waals surface area contributed by atoms with Gasteiger partial charge in [0.1, 0.15) is 0 Å². The van der Waals surface area contributed by atoms with E-state index in [1.165, 1.54) is 29.4 Å². The van der Waals surface area contributed by atoms with Gasteiger partial charge in [0.2, 0.25) is 0 Å². The van der Waals surface area contributed by atoms with Crippen molar-refractivity contribution in [1.29, 1.82) is 0 Å². The summed E-state index contributed by atoms with van der Waals surface area (Å²) in [5.41, 5.74) is 0.804. The second kappa shape index (κ2) is 6.18. The molecule has 2 aromatic rings. The number of pyridine rings is 1. The minimum atomic E-state index is -0.942. The number of halogens is 3. The van der Waals surface area contributed by atoms with Gasteiger partial charge in [-0.1, -0.05) is 17.7 Å². The molecule has 0 aliphatic heterocycles. The maximum absolute atomic E-state index is 13.3. The molecule has 0 fully saturated rings. The molecule has 0 saturated heterocycles. The van der Waals surface area contributed by atoms with Gasteiger partial charge in [0.05, 0.1) is 16.6 Å². The van der Waals surface area contributed by atoms with Gasteiger partial charge in [-0.3, -0.25) is 9.78 Å². The Morgan fingerprint density at radius 1 is 1.29 bits per heavy atom. The van der Waals surface area contributed by atoms with Crippen LogP contribution in [0.15, 0.2) is 36.7 Å². The van der Waals surface area contributed by atoms with Gasteiger partial charge in [0, 0.05) is 19.4 Å². The number of hydrogen-bond acceptors (Lipinski definition) is 2. The lowest BCUT2D eigenvalue weighted by Crippen LogP contribution is -2.30. The fourth-order valence-corrected chi connectivity index (χ4v) is 2.11. The highest BCUT2D eigenvalue weighted by Crippen LogP contribution is 2.24. The molecular formula is C15H13ClF2N2O. The Morgan fingerprint density at radius 2 is 2.00 bits per heavy atom. The number of rotatable bonds is 3. The Bertz CT molecular complexity index is 678. The lowest BCUT2D eigenvalue weighted by atomic mass is 10.1. The molecule has 0 N–H and O–H groups in total. The molecule has 21 heavy (non-hydrogen) atoms. The largest absolute Gasteiger partial charge is 0.335 e. The molecule has 0 radical (unpaired) electrons. The van der Waals surface area contributed by atoms with E-state index >= 15 is 0 Å². The zero-order valence-corrected chi connectivity index (χ0v) is 12.2. The molecule has 0 aliphatic rings. The minimum absolute atomic E-state index is 0.242. The molecule has 0 bridgehead atoms. The summed E-state index contributed by atoms with van der Waals surface area (Å²) in [6.45, 7) is 1.72. The van der Waals surface area contributed by atoms with Gasteiger partial charge in [-0.05, 0) is 30.7 Å². The number of carbonyl (C=O) groups excluding carboxylic acids is 1. The average Bonchev–Trinajstić information content (AvgIpc) is 2.48. The third-order valence-electron chi connectivity index (χ3n) is 3.33. The summed E-state index contributed by atoms with van der Waals surface area (Å²) in [6, 6.07) is 4.65. The topological polar surface area (TPSA) is 33.2 Å². The van der Waals surface area contributed by atoms with Gasteiger partial charge >= 0.3 is 0 Å². The first-order valence-electron chi connectivity index (χ1n) is 6.23. The van der Waals surface area contributed by atoms with Crippen molar-refractivity contribution >= 4 is 17.5 Å². The standard InChI is InChI=1S/C15H13ClF2N2O/c1-9(10-3-4-13(17)14(18)7-10)20(2)15(21)11-5-6-19-8-12(11)16/h3-9H,1-2H3. The number of amides is 1. The van der Waals surface area contributed by atoms with Crippen molar-refractivity contribution in [3.05, 3.63) is 64.4 Å². The normalized spacial score (nSPS) is 12.0. The maximum Gasteiger partial charge on any atom is 0.255 e. The first-order valence-corrected chi connectivity index (χ1v) is 6.61. The minimum Gasteiger partial charge on any atom is -0.335 e. The third kappa shape index (κ3) is 3.19. The SMILES string of the molecule is CC(c1ccc(F)c(F)c1)N(C)C(=O)c1ccncc1Cl. The molecule has 1 heterocycles. The molecule has 0 aliphatic carbocycles. The van der Waals surface area contributed by atoms with Crippen molar-refractivity contribution in [1.82, 2.24) is 9.88 Å². The highest BCUT2D eigenvalue weighted by atomic mass is 35.5. The monoisotopic (exact) mass is 310 g/mol. The van der Waals surface area contributed by atoms with Crippen LogP contribution in [0.4, 0.5) is 8.78 Å². The van der Waals surface area contributed by atoms with Gasteiger partial charge in [-0.25, -0.2) is 8.78 Å². The first kappa shape index (κ1) is 15.4. The Kier molecular flexibility index (Phi) is 4.53. The fourth-order valence-electron chi connectivity index (χ4n) is 1.91. The molecule has 1 amide bonds. The molecule has 6 heteroatoms. The summed E-state index contributed by atoms with van der Waals surface area (Å²) in [6.07, 6.45) is 2.85. The zero-order chi connectivity index (χ0) is 15.6. The predicted molar refractivity (Wildman–Crippen MR) is 76.1 cm³/mol. The van der Waals surface area contributed by atoms with E-state index in [2.05, 4.69) is 4.98 Å². The lowest BCUT2D eigenvalue weighted by molar-refractivity contribution is 0.0742. The van der Waals surface area contributed by atoms with Crippen LogP contribution in [0, 0.1) is 11.6 Å². The molecule has 1 aromatic heterocycles. The fraction of sp³-hybridized carbons (Fsp3) is 0.200. The van der Waals surface area contributed by atoms with Crippen LogP contribution < -0.4 is 0 Å². The molecular weight excluding hydrogens is 298 g/mol. The van der Waals surface area contributed by atoms with Gasteiger partial charge in [0.25, 0.3) is 5.91 Å². The van der Waals surface area contributed by atoms with Crippen molar-refractivity contribution in [2.45, 2.75) is 13.0 Å². The second-order valence-electron chi connectivity index (χ2n) is 4.62. The van der Waals surface area contributed by atoms with Gasteiger partial charge in [-0.2, -0.15) is 0 Å². The highest BCUT2D eigenvalue weighted by Gasteiger charge is 2.21. The molecule has 3 nitrogen and oxygen atoms in total. The van der Waals surface area contributed by atoms with Crippen molar-refractivity contribution in [3.63, 3.8) is 0 Å². The smallest absolute Gasteiger partial charge is 0.255 e. The third-order valence-corrected chi connectivity index (χ3v) is 3.63. The molecule has 0 spiro atoms. The Labute approximate surface area is 126 Å². The van der Waals surface area contributed by atoms with E-state index in [4.69, 9.17) is 11.6 Å². The van der Waals surface area contributed by atoms with E-state index in [1.807, 2.05) is 0 Å². The molecule has 1 aromatic carbocycles. The molecule has 2 rings (SSSR count). The lowest BCUT2D eigenvalue weighted by Gasteiger charge is -2.25.